The molecule has 0 nitrogen and oxygen atoms in total. The van der Waals surface area contributed by atoms with Crippen LogP contribution in [0.2, 0.25) is 0 Å². The van der Waals surface area contributed by atoms with Crippen molar-refractivity contribution in [3.05, 3.63) is 252 Å². The molecule has 9 aromatic carbocycles. The molecule has 1 unspecified atom stereocenters. The summed E-state index contributed by atoms with van der Waals surface area (Å²) in [7, 11) is 0. The van der Waals surface area contributed by atoms with E-state index in [1.807, 2.05) is 6.08 Å². The lowest BCUT2D eigenvalue weighted by Gasteiger charge is -2.22. The summed E-state index contributed by atoms with van der Waals surface area (Å²) in [5.41, 5.74) is 16.5. The van der Waals surface area contributed by atoms with E-state index in [1.54, 1.807) is 0 Å². The first-order valence-corrected chi connectivity index (χ1v) is 22.4. The number of benzene rings is 9. The van der Waals surface area contributed by atoms with Crippen LogP contribution in [-0.2, 0) is 0 Å². The van der Waals surface area contributed by atoms with Gasteiger partial charge in [0.1, 0.15) is 0 Å². The summed E-state index contributed by atoms with van der Waals surface area (Å²) < 4.78 is 0. The van der Waals surface area contributed by atoms with Crippen molar-refractivity contribution in [2.75, 3.05) is 0 Å². The normalized spacial score (nSPS) is 12.9. The molecule has 0 aliphatic heterocycles. The maximum Gasteiger partial charge on any atom is -0.000732 e. The van der Waals surface area contributed by atoms with Gasteiger partial charge in [-0.25, -0.2) is 0 Å². The lowest BCUT2D eigenvalue weighted by Crippen LogP contribution is -1.99. The molecule has 0 spiro atoms. The number of hydrogen-bond acceptors (Lipinski definition) is 0. The number of rotatable bonds is 11. The average molecular weight is 823 g/mol. The van der Waals surface area contributed by atoms with Gasteiger partial charge in [-0.05, 0) is 173 Å². The topological polar surface area (TPSA) is 0 Å². The van der Waals surface area contributed by atoms with Gasteiger partial charge >= 0.3 is 0 Å². The quantitative estimate of drug-likeness (QED) is 0.0900. The van der Waals surface area contributed by atoms with Gasteiger partial charge in [0.25, 0.3) is 0 Å². The third-order valence-electron chi connectivity index (χ3n) is 13.1. The summed E-state index contributed by atoms with van der Waals surface area (Å²) >= 11 is 0. The van der Waals surface area contributed by atoms with E-state index in [2.05, 4.69) is 241 Å². The van der Waals surface area contributed by atoms with Crippen LogP contribution in [0.4, 0.5) is 0 Å². The summed E-state index contributed by atoms with van der Waals surface area (Å²) in [6.07, 6.45) is 15.1. The van der Waals surface area contributed by atoms with Gasteiger partial charge < -0.3 is 0 Å². The van der Waals surface area contributed by atoms with Gasteiger partial charge in [-0.3, -0.25) is 0 Å². The molecule has 0 fully saturated rings. The Morgan fingerprint density at radius 3 is 1.95 bits per heavy atom. The Morgan fingerprint density at radius 1 is 0.547 bits per heavy atom. The van der Waals surface area contributed by atoms with E-state index in [4.69, 9.17) is 6.58 Å². The highest BCUT2D eigenvalue weighted by atomic mass is 14.2. The molecule has 0 bridgehead atoms. The van der Waals surface area contributed by atoms with Gasteiger partial charge in [-0.15, -0.1) is 0 Å². The molecule has 9 rings (SSSR count). The zero-order chi connectivity index (χ0) is 44.3. The second-order valence-electron chi connectivity index (χ2n) is 17.0. The fourth-order valence-corrected chi connectivity index (χ4v) is 9.69. The van der Waals surface area contributed by atoms with Crippen LogP contribution < -0.4 is 0 Å². The molecule has 0 N–H and O–H groups in total. The van der Waals surface area contributed by atoms with E-state index in [-0.39, 0.29) is 0 Å². The van der Waals surface area contributed by atoms with E-state index in [9.17, 15) is 0 Å². The average Bonchev–Trinajstić information content (AvgIpc) is 3.33. The Kier molecular flexibility index (Phi) is 11.8. The monoisotopic (exact) mass is 822 g/mol. The smallest absolute Gasteiger partial charge is 0.000732 e. The molecule has 0 aliphatic carbocycles. The molecule has 0 heterocycles. The molecule has 0 aromatic heterocycles. The van der Waals surface area contributed by atoms with E-state index in [0.29, 0.717) is 5.92 Å². The molecule has 0 amide bonds. The molecule has 310 valence electrons. The van der Waals surface area contributed by atoms with E-state index >= 15 is 0 Å². The standard InChI is InChI=1S/C64H54/c1-8-10-11-21-42(3)48-32-34-50(35-33-48)63-41-62(57-31-20-26-49-23-14-16-27-54(49)57)46(7)64-45(6)53(36-37-59(63)64)60(43(4)38-51-24-13-12-22-47(51)9-2)39-44(5)61-40-52-25-15-17-28-55(52)56-29-18-19-30-58(56)61/h8-42H,2,5H2,1,3-4,6-7H3/b10-8-,21-11-,43-38+,60-39-. The fourth-order valence-electron chi connectivity index (χ4n) is 9.69. The predicted octanol–water partition coefficient (Wildman–Crippen LogP) is 18.3. The Balaban J connectivity index is 1.30. The lowest BCUT2D eigenvalue weighted by atomic mass is 9.82. The minimum Gasteiger partial charge on any atom is -0.0984 e. The summed E-state index contributed by atoms with van der Waals surface area (Å²) in [4.78, 5) is 0. The van der Waals surface area contributed by atoms with Crippen LogP contribution in [0, 0.1) is 13.8 Å². The zero-order valence-corrected chi connectivity index (χ0v) is 37.6. The van der Waals surface area contributed by atoms with Crippen LogP contribution in [0.25, 0.3) is 88.6 Å². The lowest BCUT2D eigenvalue weighted by molar-refractivity contribution is 0.968. The summed E-state index contributed by atoms with van der Waals surface area (Å²) in [6.45, 7) is 20.2. The minimum atomic E-state index is 0.304. The van der Waals surface area contributed by atoms with Crippen molar-refractivity contribution >= 4 is 66.4 Å². The molecule has 0 heteroatoms. The Bertz CT molecular complexity index is 3390. The highest BCUT2D eigenvalue weighted by Crippen LogP contribution is 2.44. The molecule has 64 heavy (non-hydrogen) atoms. The van der Waals surface area contributed by atoms with Crippen molar-refractivity contribution in [2.24, 2.45) is 0 Å². The Hall–Kier alpha value is -7.54. The molecule has 9 aromatic rings. The zero-order valence-electron chi connectivity index (χ0n) is 37.6. The van der Waals surface area contributed by atoms with Crippen LogP contribution in [-0.4, -0.2) is 0 Å². The summed E-state index contributed by atoms with van der Waals surface area (Å²) in [6, 6.07) is 60.0. The third-order valence-corrected chi connectivity index (χ3v) is 13.1. The SMILES string of the molecule is C=Cc1ccccc1/C=C(C)/C(=C/C(=C)c1cc2ccccc2c2ccccc12)c1ccc2c(-c3ccc(C(C)/C=C\C=C/C)cc3)cc(-c3cccc4ccccc34)c(C)c2c1C. The summed E-state index contributed by atoms with van der Waals surface area (Å²) in [5, 5.41) is 9.90. The van der Waals surface area contributed by atoms with Gasteiger partial charge in [0.05, 0.1) is 0 Å². The van der Waals surface area contributed by atoms with Gasteiger partial charge in [-0.2, -0.15) is 0 Å². The maximum absolute atomic E-state index is 4.83. The molecular weight excluding hydrogens is 769 g/mol. The number of allylic oxidation sites excluding steroid dienone is 8. The van der Waals surface area contributed by atoms with Crippen LogP contribution in [0.3, 0.4) is 0 Å². The van der Waals surface area contributed by atoms with Crippen molar-refractivity contribution in [3.8, 4) is 22.3 Å². The first-order chi connectivity index (χ1) is 31.2. The van der Waals surface area contributed by atoms with E-state index in [1.165, 1.54) is 87.6 Å². The van der Waals surface area contributed by atoms with E-state index in [0.717, 1.165) is 33.4 Å². The van der Waals surface area contributed by atoms with Crippen LogP contribution in [0.1, 0.15) is 65.6 Å². The Morgan fingerprint density at radius 2 is 1.20 bits per heavy atom. The number of fused-ring (bicyclic) bond motifs is 5. The van der Waals surface area contributed by atoms with Gasteiger partial charge in [0.15, 0.2) is 0 Å². The van der Waals surface area contributed by atoms with Crippen molar-refractivity contribution in [1.29, 1.82) is 0 Å². The molecule has 0 saturated heterocycles. The second kappa shape index (κ2) is 18.1. The number of hydrogen-bond donors (Lipinski definition) is 0. The second-order valence-corrected chi connectivity index (χ2v) is 17.0. The van der Waals surface area contributed by atoms with Crippen molar-refractivity contribution in [3.63, 3.8) is 0 Å². The molecule has 0 aliphatic rings. The van der Waals surface area contributed by atoms with Gasteiger partial charge in [0.2, 0.25) is 0 Å². The van der Waals surface area contributed by atoms with Gasteiger partial charge in [0, 0.05) is 0 Å². The van der Waals surface area contributed by atoms with E-state index < -0.39 is 0 Å². The van der Waals surface area contributed by atoms with Gasteiger partial charge in [-0.1, -0.05) is 208 Å². The van der Waals surface area contributed by atoms with Crippen molar-refractivity contribution in [1.82, 2.24) is 0 Å². The van der Waals surface area contributed by atoms with Crippen LogP contribution in [0.5, 0.6) is 0 Å². The Labute approximate surface area is 379 Å². The first-order valence-electron chi connectivity index (χ1n) is 22.4. The van der Waals surface area contributed by atoms with Crippen molar-refractivity contribution < 1.29 is 0 Å². The summed E-state index contributed by atoms with van der Waals surface area (Å²) in [5.74, 6) is 0.304. The molecule has 0 saturated carbocycles. The minimum absolute atomic E-state index is 0.304. The molecule has 0 radical (unpaired) electrons. The molecule has 1 atom stereocenters. The maximum atomic E-state index is 4.83. The van der Waals surface area contributed by atoms with Crippen LogP contribution in [0.15, 0.2) is 213 Å². The third kappa shape index (κ3) is 7.89. The fraction of sp³-hybridized carbons (Fsp3) is 0.0938. The number of aryl methyl sites for hydroxylation is 2. The van der Waals surface area contributed by atoms with Crippen molar-refractivity contribution in [2.45, 2.75) is 40.5 Å². The highest BCUT2D eigenvalue weighted by Gasteiger charge is 2.20. The molecular formula is C64H54. The largest absolute Gasteiger partial charge is 0.0984 e. The highest BCUT2D eigenvalue weighted by molar-refractivity contribution is 6.14. The predicted molar refractivity (Wildman–Crippen MR) is 283 cm³/mol. The first kappa shape index (κ1) is 41.8. The van der Waals surface area contributed by atoms with Crippen LogP contribution >= 0.6 is 0 Å².